The van der Waals surface area contributed by atoms with Crippen LogP contribution in [0.1, 0.15) is 28.4 Å². The highest BCUT2D eigenvalue weighted by Gasteiger charge is 2.16. The van der Waals surface area contributed by atoms with Crippen LogP contribution in [-0.2, 0) is 6.42 Å². The van der Waals surface area contributed by atoms with Crippen molar-refractivity contribution < 1.29 is 4.79 Å². The fraction of sp³-hybridized carbons (Fsp3) is 0.235. The van der Waals surface area contributed by atoms with Crippen LogP contribution in [0, 0.1) is 0 Å². The molecule has 21 heavy (non-hydrogen) atoms. The van der Waals surface area contributed by atoms with Crippen molar-refractivity contribution in [1.29, 1.82) is 0 Å². The van der Waals surface area contributed by atoms with Crippen molar-refractivity contribution in [2.75, 3.05) is 19.0 Å². The van der Waals surface area contributed by atoms with Crippen molar-refractivity contribution in [3.63, 3.8) is 0 Å². The quantitative estimate of drug-likeness (QED) is 0.864. The van der Waals surface area contributed by atoms with Crippen molar-refractivity contribution in [3.8, 4) is 0 Å². The van der Waals surface area contributed by atoms with Gasteiger partial charge in [0.15, 0.2) is 5.78 Å². The summed E-state index contributed by atoms with van der Waals surface area (Å²) in [5.41, 5.74) is 3.74. The summed E-state index contributed by atoms with van der Waals surface area (Å²) in [6.07, 6.45) is 0.920. The number of para-hydroxylation sites is 1. The smallest absolute Gasteiger partial charge is 0.195 e. The Labute approximate surface area is 133 Å². The fourth-order valence-electron chi connectivity index (χ4n) is 2.33. The summed E-state index contributed by atoms with van der Waals surface area (Å²) in [7, 11) is 3.96. The van der Waals surface area contributed by atoms with Gasteiger partial charge in [-0.3, -0.25) is 4.79 Å². The Balaban J connectivity index is 0.00000200. The minimum absolute atomic E-state index is 0. The molecule has 0 aliphatic rings. The number of carbonyl (C=O) groups excluding carboxylic acids is 1. The minimum atomic E-state index is 0. The molecule has 2 aromatic carbocycles. The summed E-state index contributed by atoms with van der Waals surface area (Å²) in [5.74, 6) is 0.0830. The lowest BCUT2D eigenvalue weighted by Gasteiger charge is -2.20. The summed E-state index contributed by atoms with van der Waals surface area (Å²) in [6.45, 7) is 2.11. The summed E-state index contributed by atoms with van der Waals surface area (Å²) in [6, 6.07) is 15.4. The van der Waals surface area contributed by atoms with Crippen LogP contribution in [0.3, 0.4) is 0 Å². The van der Waals surface area contributed by atoms with Gasteiger partial charge >= 0.3 is 0 Å². The molecule has 0 aromatic heterocycles. The van der Waals surface area contributed by atoms with Gasteiger partial charge in [-0.1, -0.05) is 49.4 Å². The van der Waals surface area contributed by atoms with E-state index < -0.39 is 0 Å². The zero-order chi connectivity index (χ0) is 13.8. The molecule has 4 heteroatoms. The Morgan fingerprint density at radius 1 is 1.00 bits per heavy atom. The van der Waals surface area contributed by atoms with Crippen LogP contribution in [-0.4, -0.2) is 19.9 Å². The van der Waals surface area contributed by atoms with Gasteiger partial charge in [0, 0.05) is 25.2 Å². The third-order valence-electron chi connectivity index (χ3n) is 3.23. The van der Waals surface area contributed by atoms with Gasteiger partial charge in [0.2, 0.25) is 0 Å². The maximum atomic E-state index is 12.6. The number of aryl methyl sites for hydroxylation is 1. The second kappa shape index (κ2) is 8.45. The average Bonchev–Trinajstić information content (AvgIpc) is 2.46. The molecule has 2 aromatic rings. The number of hydrogen-bond acceptors (Lipinski definition) is 3. The molecule has 3 nitrogen and oxygen atoms in total. The van der Waals surface area contributed by atoms with Gasteiger partial charge in [-0.05, 0) is 18.1 Å². The maximum Gasteiger partial charge on any atom is 0.195 e. The van der Waals surface area contributed by atoms with E-state index in [0.29, 0.717) is 0 Å². The molecule has 0 aliphatic carbocycles. The van der Waals surface area contributed by atoms with Gasteiger partial charge in [0.1, 0.15) is 0 Å². The second-order valence-electron chi connectivity index (χ2n) is 4.76. The normalized spacial score (nSPS) is 9.29. The zero-order valence-corrected chi connectivity index (χ0v) is 13.6. The predicted octanol–water partition coefficient (Wildman–Crippen LogP) is 4.13. The first-order chi connectivity index (χ1) is 9.15. The van der Waals surface area contributed by atoms with Crippen molar-refractivity contribution in [2.24, 2.45) is 0 Å². The van der Waals surface area contributed by atoms with E-state index in [1.165, 1.54) is 5.56 Å². The topological polar surface area (TPSA) is 55.3 Å². The molecule has 0 heterocycles. The van der Waals surface area contributed by atoms with Crippen LogP contribution < -0.4 is 11.1 Å². The van der Waals surface area contributed by atoms with E-state index in [4.69, 9.17) is 0 Å². The monoisotopic (exact) mass is 306 g/mol. The molecule has 0 spiro atoms. The van der Waals surface area contributed by atoms with Crippen molar-refractivity contribution in [2.45, 2.75) is 13.3 Å². The molecule has 0 atom stereocenters. The molecule has 2 rings (SSSR count). The molecule has 0 aliphatic heterocycles. The molecule has 0 radical (unpaired) electrons. The maximum absolute atomic E-state index is 12.6. The lowest BCUT2D eigenvalue weighted by molar-refractivity contribution is 0.103. The molecule has 0 bridgehead atoms. The number of hydrogen-bond donors (Lipinski definition) is 1. The van der Waals surface area contributed by atoms with E-state index in [0.717, 1.165) is 23.2 Å². The summed E-state index contributed by atoms with van der Waals surface area (Å²) >= 11 is 0. The van der Waals surface area contributed by atoms with E-state index in [-0.39, 0.29) is 24.3 Å². The van der Waals surface area contributed by atoms with Crippen molar-refractivity contribution >= 4 is 23.9 Å². The molecule has 0 saturated carbocycles. The number of carbonyl (C=O) groups is 1. The van der Waals surface area contributed by atoms with Crippen LogP contribution in [0.15, 0.2) is 48.5 Å². The van der Waals surface area contributed by atoms with Gasteiger partial charge in [0.05, 0.1) is 5.69 Å². The predicted molar refractivity (Wildman–Crippen MR) is 92.3 cm³/mol. The molecule has 0 unspecified atom stereocenters. The highest BCUT2D eigenvalue weighted by molar-refractivity contribution is 6.12. The number of nitrogens with zero attached hydrogens (tertiary/aromatic N) is 1. The van der Waals surface area contributed by atoms with Crippen LogP contribution >= 0.6 is 12.4 Å². The van der Waals surface area contributed by atoms with E-state index in [9.17, 15) is 4.79 Å². The van der Waals surface area contributed by atoms with Crippen LogP contribution in [0.25, 0.3) is 0 Å². The van der Waals surface area contributed by atoms with Crippen LogP contribution in [0.4, 0.5) is 5.69 Å². The van der Waals surface area contributed by atoms with Gasteiger partial charge in [-0.25, -0.2) is 0 Å². The van der Waals surface area contributed by atoms with E-state index in [1.54, 1.807) is 0 Å². The highest BCUT2D eigenvalue weighted by atomic mass is 35.5. The van der Waals surface area contributed by atoms with Crippen LogP contribution in [0.2, 0.25) is 0 Å². The Morgan fingerprint density at radius 2 is 1.62 bits per heavy atom. The van der Waals surface area contributed by atoms with E-state index in [1.807, 2.05) is 61.5 Å². The van der Waals surface area contributed by atoms with Gasteiger partial charge in [0.25, 0.3) is 0 Å². The molecule has 114 valence electrons. The summed E-state index contributed by atoms with van der Waals surface area (Å²) in [4.78, 5) is 14.6. The Kier molecular flexibility index (Phi) is 7.71. The summed E-state index contributed by atoms with van der Waals surface area (Å²) in [5, 5.41) is 0. The first-order valence-corrected chi connectivity index (χ1v) is 6.54. The number of halogens is 1. The Morgan fingerprint density at radius 3 is 2.14 bits per heavy atom. The lowest BCUT2D eigenvalue weighted by Crippen LogP contribution is -2.16. The van der Waals surface area contributed by atoms with Gasteiger partial charge < -0.3 is 11.1 Å². The number of rotatable bonds is 4. The standard InChI is InChI=1S/C17H19NO.ClH.H3N/c1-4-13-11-8-12-15(16(13)18(2)3)17(19)14-9-6-5-7-10-14;;/h5-12H,4H2,1-3H3;1H;1H3. The third kappa shape index (κ3) is 4.06. The number of anilines is 1. The average molecular weight is 307 g/mol. The van der Waals surface area contributed by atoms with E-state index >= 15 is 0 Å². The molecule has 3 N–H and O–H groups in total. The second-order valence-corrected chi connectivity index (χ2v) is 4.76. The molecule has 0 amide bonds. The largest absolute Gasteiger partial charge is 0.377 e. The zero-order valence-electron chi connectivity index (χ0n) is 12.8. The first kappa shape index (κ1) is 19.2. The minimum Gasteiger partial charge on any atom is -0.377 e. The first-order valence-electron chi connectivity index (χ1n) is 6.54. The van der Waals surface area contributed by atoms with E-state index in [2.05, 4.69) is 13.0 Å². The Bertz CT molecular complexity index is 583. The molecular formula is C17H23ClN2O. The molecule has 0 saturated heterocycles. The third-order valence-corrected chi connectivity index (χ3v) is 3.23. The number of ketones is 1. The molecular weight excluding hydrogens is 284 g/mol. The van der Waals surface area contributed by atoms with Crippen molar-refractivity contribution in [3.05, 3.63) is 65.2 Å². The van der Waals surface area contributed by atoms with Crippen molar-refractivity contribution in [1.82, 2.24) is 6.15 Å². The SMILES string of the molecule is CCc1cccc(C(=O)c2ccccc2)c1N(C)C.Cl.N. The summed E-state index contributed by atoms with van der Waals surface area (Å²) < 4.78 is 0. The lowest BCUT2D eigenvalue weighted by atomic mass is 9.97. The number of benzene rings is 2. The van der Waals surface area contributed by atoms with Gasteiger partial charge in [-0.15, -0.1) is 12.4 Å². The fourth-order valence-corrected chi connectivity index (χ4v) is 2.33. The van der Waals surface area contributed by atoms with Crippen LogP contribution in [0.5, 0.6) is 0 Å². The highest BCUT2D eigenvalue weighted by Crippen LogP contribution is 2.26. The molecule has 0 fully saturated rings. The van der Waals surface area contributed by atoms with Gasteiger partial charge in [-0.2, -0.15) is 0 Å². The Hall–Kier alpha value is -1.84.